The molecule has 0 saturated heterocycles. The largest absolute Gasteiger partial charge is 0.481 e. The molecule has 2 aromatic carbocycles. The van der Waals surface area contributed by atoms with E-state index in [1.54, 1.807) is 12.1 Å². The van der Waals surface area contributed by atoms with Crippen molar-refractivity contribution in [2.75, 3.05) is 17.8 Å². The molecular formula is C23H22ClN3O3S2. The van der Waals surface area contributed by atoms with Gasteiger partial charge in [-0.3, -0.25) is 9.59 Å². The minimum absolute atomic E-state index is 0.104. The molecule has 0 unspecified atom stereocenters. The maximum Gasteiger partial charge on any atom is 0.308 e. The first-order valence-electron chi connectivity index (χ1n) is 9.66. The smallest absolute Gasteiger partial charge is 0.308 e. The van der Waals surface area contributed by atoms with Gasteiger partial charge in [0.15, 0.2) is 0 Å². The highest BCUT2D eigenvalue weighted by Gasteiger charge is 2.17. The zero-order valence-corrected chi connectivity index (χ0v) is 20.2. The van der Waals surface area contributed by atoms with Crippen LogP contribution in [0.5, 0.6) is 0 Å². The average molecular weight is 488 g/mol. The highest BCUT2D eigenvalue weighted by Crippen LogP contribution is 2.28. The number of aliphatic carboxylic acids is 1. The number of carboxylic acids is 1. The number of nitrogens with zero attached hydrogens (tertiary/aromatic N) is 2. The summed E-state index contributed by atoms with van der Waals surface area (Å²) in [6, 6.07) is 12.7. The van der Waals surface area contributed by atoms with E-state index in [1.165, 1.54) is 23.5 Å². The summed E-state index contributed by atoms with van der Waals surface area (Å²) in [5.41, 5.74) is 3.71. The Morgan fingerprint density at radius 1 is 1.03 bits per heavy atom. The van der Waals surface area contributed by atoms with Crippen LogP contribution in [0, 0.1) is 6.92 Å². The Kier molecular flexibility index (Phi) is 8.17. The lowest BCUT2D eigenvalue weighted by Crippen LogP contribution is -2.12. The number of carbonyl (C=O) groups excluding carboxylic acids is 1. The van der Waals surface area contributed by atoms with Crippen molar-refractivity contribution in [3.8, 4) is 0 Å². The summed E-state index contributed by atoms with van der Waals surface area (Å²) in [6.07, 6.45) is 4.14. The summed E-state index contributed by atoms with van der Waals surface area (Å²) >= 11 is 8.94. The highest BCUT2D eigenvalue weighted by atomic mass is 35.5. The van der Waals surface area contributed by atoms with Gasteiger partial charge in [-0.05, 0) is 54.8 Å². The summed E-state index contributed by atoms with van der Waals surface area (Å²) in [6.45, 7) is 1.89. The number of amides is 1. The summed E-state index contributed by atoms with van der Waals surface area (Å²) in [7, 11) is 0. The van der Waals surface area contributed by atoms with Crippen molar-refractivity contribution >= 4 is 52.7 Å². The quantitative estimate of drug-likeness (QED) is 0.326. The van der Waals surface area contributed by atoms with E-state index in [1.807, 2.05) is 49.8 Å². The van der Waals surface area contributed by atoms with E-state index in [0.717, 1.165) is 11.1 Å². The van der Waals surface area contributed by atoms with E-state index < -0.39 is 5.97 Å². The van der Waals surface area contributed by atoms with E-state index in [0.29, 0.717) is 44.1 Å². The van der Waals surface area contributed by atoms with Gasteiger partial charge in [-0.15, -0.1) is 23.5 Å². The van der Waals surface area contributed by atoms with Crippen LogP contribution in [0.25, 0.3) is 0 Å². The van der Waals surface area contributed by atoms with Crippen LogP contribution >= 0.6 is 35.1 Å². The van der Waals surface area contributed by atoms with Crippen molar-refractivity contribution in [3.63, 3.8) is 0 Å². The van der Waals surface area contributed by atoms with Crippen molar-refractivity contribution in [3.05, 3.63) is 75.6 Å². The van der Waals surface area contributed by atoms with Gasteiger partial charge < -0.3 is 10.4 Å². The number of thioether (sulfide) groups is 2. The number of nitrogens with one attached hydrogen (secondary N) is 1. The molecule has 3 aromatic rings. The fourth-order valence-corrected chi connectivity index (χ4v) is 4.50. The molecule has 166 valence electrons. The van der Waals surface area contributed by atoms with Gasteiger partial charge in [-0.1, -0.05) is 29.8 Å². The van der Waals surface area contributed by atoms with E-state index >= 15 is 0 Å². The number of carboxylic acid groups (broad SMARTS) is 1. The van der Waals surface area contributed by atoms with Gasteiger partial charge in [0.25, 0.3) is 5.91 Å². The molecule has 0 fully saturated rings. The van der Waals surface area contributed by atoms with Gasteiger partial charge in [0, 0.05) is 28.3 Å². The van der Waals surface area contributed by atoms with Crippen LogP contribution in [0.2, 0.25) is 5.02 Å². The second kappa shape index (κ2) is 10.8. The van der Waals surface area contributed by atoms with Gasteiger partial charge in [0.1, 0.15) is 15.9 Å². The zero-order valence-electron chi connectivity index (χ0n) is 17.8. The fraction of sp³-hybridized carbons (Fsp3) is 0.217. The summed E-state index contributed by atoms with van der Waals surface area (Å²) in [4.78, 5) is 32.8. The molecule has 32 heavy (non-hydrogen) atoms. The predicted octanol–water partition coefficient (Wildman–Crippen LogP) is 5.35. The molecule has 1 aromatic heterocycles. The Balaban J connectivity index is 1.74. The van der Waals surface area contributed by atoms with Crippen molar-refractivity contribution in [2.45, 2.75) is 29.8 Å². The second-order valence-electron chi connectivity index (χ2n) is 7.00. The maximum absolute atomic E-state index is 12.5. The molecule has 0 bridgehead atoms. The van der Waals surface area contributed by atoms with E-state index in [4.69, 9.17) is 11.6 Å². The molecule has 0 aliphatic carbocycles. The number of carbonyl (C=O) groups is 2. The normalized spacial score (nSPS) is 10.8. The molecule has 2 N–H and O–H groups in total. The Morgan fingerprint density at radius 2 is 1.66 bits per heavy atom. The van der Waals surface area contributed by atoms with Gasteiger partial charge in [-0.2, -0.15) is 0 Å². The van der Waals surface area contributed by atoms with Crippen molar-refractivity contribution < 1.29 is 14.7 Å². The molecule has 0 atom stereocenters. The molecule has 3 rings (SSSR count). The summed E-state index contributed by atoms with van der Waals surface area (Å²) in [5.74, 6) is -0.511. The van der Waals surface area contributed by atoms with Gasteiger partial charge in [0.05, 0.1) is 6.42 Å². The van der Waals surface area contributed by atoms with Crippen LogP contribution in [0.3, 0.4) is 0 Å². The standard InChI is InChI=1S/C23H22ClN3O3S2/c1-13-4-7-15(11-18(13)24)21(30)25-16-8-5-14(6-9-16)10-19-26-22(31-2)17(12-20(28)29)23(27-19)32-3/h4-9,11H,10,12H2,1-3H3,(H,25,30)(H,28,29). The van der Waals surface area contributed by atoms with Gasteiger partial charge in [-0.25, -0.2) is 9.97 Å². The molecule has 0 radical (unpaired) electrons. The van der Waals surface area contributed by atoms with Crippen molar-refractivity contribution in [2.24, 2.45) is 0 Å². The van der Waals surface area contributed by atoms with Crippen molar-refractivity contribution in [1.29, 1.82) is 0 Å². The van der Waals surface area contributed by atoms with Crippen LogP contribution in [0.15, 0.2) is 52.5 Å². The van der Waals surface area contributed by atoms with E-state index in [-0.39, 0.29) is 12.3 Å². The van der Waals surface area contributed by atoms with Crippen LogP contribution < -0.4 is 5.32 Å². The maximum atomic E-state index is 12.5. The topological polar surface area (TPSA) is 92.2 Å². The predicted molar refractivity (Wildman–Crippen MR) is 130 cm³/mol. The third kappa shape index (κ3) is 6.03. The summed E-state index contributed by atoms with van der Waals surface area (Å²) < 4.78 is 0. The number of aromatic nitrogens is 2. The Morgan fingerprint density at radius 3 is 2.19 bits per heavy atom. The zero-order chi connectivity index (χ0) is 23.3. The molecular weight excluding hydrogens is 466 g/mol. The lowest BCUT2D eigenvalue weighted by molar-refractivity contribution is -0.136. The first kappa shape index (κ1) is 24.1. The summed E-state index contributed by atoms with van der Waals surface area (Å²) in [5, 5.41) is 14.0. The van der Waals surface area contributed by atoms with Crippen LogP contribution in [-0.4, -0.2) is 39.5 Å². The first-order chi connectivity index (χ1) is 15.3. The lowest BCUT2D eigenvalue weighted by Gasteiger charge is -2.12. The number of rotatable bonds is 8. The number of aryl methyl sites for hydroxylation is 1. The number of anilines is 1. The van der Waals surface area contributed by atoms with Gasteiger partial charge in [0.2, 0.25) is 0 Å². The molecule has 0 spiro atoms. The second-order valence-corrected chi connectivity index (χ2v) is 9.00. The Bertz CT molecular complexity index is 1130. The number of hydrogen-bond donors (Lipinski definition) is 2. The van der Waals surface area contributed by atoms with Crippen LogP contribution in [-0.2, 0) is 17.6 Å². The third-order valence-electron chi connectivity index (χ3n) is 4.70. The first-order valence-corrected chi connectivity index (χ1v) is 12.5. The number of hydrogen-bond acceptors (Lipinski definition) is 6. The monoisotopic (exact) mass is 487 g/mol. The van der Waals surface area contributed by atoms with E-state index in [2.05, 4.69) is 15.3 Å². The minimum Gasteiger partial charge on any atom is -0.481 e. The molecule has 0 aliphatic rings. The van der Waals surface area contributed by atoms with Crippen LogP contribution in [0.1, 0.15) is 32.9 Å². The molecule has 9 heteroatoms. The van der Waals surface area contributed by atoms with Crippen molar-refractivity contribution in [1.82, 2.24) is 9.97 Å². The number of halogens is 1. The highest BCUT2D eigenvalue weighted by molar-refractivity contribution is 7.99. The van der Waals surface area contributed by atoms with Crippen LogP contribution in [0.4, 0.5) is 5.69 Å². The molecule has 1 heterocycles. The molecule has 0 saturated carbocycles. The SMILES string of the molecule is CSc1nc(Cc2ccc(NC(=O)c3ccc(C)c(Cl)c3)cc2)nc(SC)c1CC(=O)O. The number of benzene rings is 2. The third-order valence-corrected chi connectivity index (χ3v) is 6.56. The molecule has 6 nitrogen and oxygen atoms in total. The van der Waals surface area contributed by atoms with Gasteiger partial charge >= 0.3 is 5.97 Å². The molecule has 0 aliphatic heterocycles. The minimum atomic E-state index is -0.905. The van der Waals surface area contributed by atoms with E-state index in [9.17, 15) is 14.7 Å². The Labute approximate surface area is 200 Å². The fourth-order valence-electron chi connectivity index (χ4n) is 3.03. The average Bonchev–Trinajstić information content (AvgIpc) is 2.77. The Hall–Kier alpha value is -2.55. The lowest BCUT2D eigenvalue weighted by atomic mass is 10.1. The molecule has 1 amide bonds.